The number of carbonyl (C=O) groups excluding carboxylic acids is 3. The van der Waals surface area contributed by atoms with E-state index in [2.05, 4.69) is 0 Å². The SMILES string of the molecule is Cc1ccc(C(=O)CCC(=O)N2CCC(NC(=O)C(F)(F)F)CC2)cc1. The Morgan fingerprint density at radius 1 is 1.08 bits per heavy atom. The number of nitrogens with zero attached hydrogens (tertiary/aromatic N) is 1. The lowest BCUT2D eigenvalue weighted by Crippen LogP contribution is -2.49. The molecule has 8 heteroatoms. The van der Waals surface area contributed by atoms with Crippen LogP contribution in [-0.4, -0.2) is 47.8 Å². The van der Waals surface area contributed by atoms with Crippen LogP contribution >= 0.6 is 0 Å². The van der Waals surface area contributed by atoms with Crippen molar-refractivity contribution in [3.05, 3.63) is 35.4 Å². The summed E-state index contributed by atoms with van der Waals surface area (Å²) in [5.74, 6) is -2.28. The number of likely N-dealkylation sites (tertiary alicyclic amines) is 1. The van der Waals surface area contributed by atoms with E-state index in [-0.39, 0.29) is 50.5 Å². The maximum Gasteiger partial charge on any atom is 0.471 e. The van der Waals surface area contributed by atoms with Gasteiger partial charge >= 0.3 is 12.1 Å². The molecule has 0 aliphatic carbocycles. The Hall–Kier alpha value is -2.38. The number of piperidine rings is 1. The van der Waals surface area contributed by atoms with Gasteiger partial charge in [-0.05, 0) is 19.8 Å². The molecular weight excluding hydrogens is 349 g/mol. The van der Waals surface area contributed by atoms with Crippen LogP contribution in [0, 0.1) is 6.92 Å². The number of amides is 2. The van der Waals surface area contributed by atoms with Gasteiger partial charge in [0.1, 0.15) is 0 Å². The number of Topliss-reactive ketones (excluding diaryl/α,β-unsaturated/α-hetero) is 1. The molecule has 5 nitrogen and oxygen atoms in total. The van der Waals surface area contributed by atoms with Crippen molar-refractivity contribution < 1.29 is 27.6 Å². The molecule has 1 fully saturated rings. The van der Waals surface area contributed by atoms with Gasteiger partial charge in [0.05, 0.1) is 0 Å². The number of ketones is 1. The zero-order chi connectivity index (χ0) is 19.3. The largest absolute Gasteiger partial charge is 0.471 e. The highest BCUT2D eigenvalue weighted by molar-refractivity contribution is 5.98. The van der Waals surface area contributed by atoms with Gasteiger partial charge in [0, 0.05) is 37.5 Å². The summed E-state index contributed by atoms with van der Waals surface area (Å²) in [4.78, 5) is 36.7. The lowest BCUT2D eigenvalue weighted by molar-refractivity contribution is -0.174. The normalized spacial score (nSPS) is 15.6. The third-order valence-corrected chi connectivity index (χ3v) is 4.38. The summed E-state index contributed by atoms with van der Waals surface area (Å²) in [5.41, 5.74) is 1.59. The van der Waals surface area contributed by atoms with Crippen molar-refractivity contribution in [2.45, 2.75) is 44.8 Å². The topological polar surface area (TPSA) is 66.5 Å². The van der Waals surface area contributed by atoms with Crippen LogP contribution in [0.25, 0.3) is 0 Å². The van der Waals surface area contributed by atoms with Crippen LogP contribution in [0.1, 0.15) is 41.6 Å². The number of nitrogens with one attached hydrogen (secondary N) is 1. The van der Waals surface area contributed by atoms with Gasteiger partial charge in [-0.2, -0.15) is 13.2 Å². The number of rotatable bonds is 5. The van der Waals surface area contributed by atoms with E-state index >= 15 is 0 Å². The fourth-order valence-corrected chi connectivity index (χ4v) is 2.80. The quantitative estimate of drug-likeness (QED) is 0.811. The van der Waals surface area contributed by atoms with Crippen LogP contribution < -0.4 is 5.32 Å². The van der Waals surface area contributed by atoms with E-state index in [4.69, 9.17) is 0 Å². The number of hydrogen-bond donors (Lipinski definition) is 1. The second-order valence-corrected chi connectivity index (χ2v) is 6.42. The van der Waals surface area contributed by atoms with E-state index in [0.717, 1.165) is 5.56 Å². The van der Waals surface area contributed by atoms with Gasteiger partial charge in [0.2, 0.25) is 5.91 Å². The fraction of sp³-hybridized carbons (Fsp3) is 0.500. The van der Waals surface area contributed by atoms with E-state index in [1.165, 1.54) is 4.90 Å². The van der Waals surface area contributed by atoms with Gasteiger partial charge in [-0.15, -0.1) is 0 Å². The van der Waals surface area contributed by atoms with Crippen LogP contribution in [-0.2, 0) is 9.59 Å². The van der Waals surface area contributed by atoms with Crippen molar-refractivity contribution in [2.75, 3.05) is 13.1 Å². The van der Waals surface area contributed by atoms with Gasteiger partial charge in [-0.3, -0.25) is 14.4 Å². The zero-order valence-electron chi connectivity index (χ0n) is 14.4. The summed E-state index contributed by atoms with van der Waals surface area (Å²) in [5, 5.41) is 1.94. The molecule has 1 saturated heterocycles. The molecule has 1 aromatic rings. The molecular formula is C18H21F3N2O3. The van der Waals surface area contributed by atoms with Gasteiger partial charge in [-0.25, -0.2) is 0 Å². The molecule has 2 amide bonds. The maximum absolute atomic E-state index is 12.2. The van der Waals surface area contributed by atoms with E-state index in [1.807, 2.05) is 24.4 Å². The Morgan fingerprint density at radius 3 is 2.19 bits per heavy atom. The molecule has 0 radical (unpaired) electrons. The third-order valence-electron chi connectivity index (χ3n) is 4.38. The number of carbonyl (C=O) groups is 3. The van der Waals surface area contributed by atoms with Gasteiger partial charge in [0.15, 0.2) is 5.78 Å². The van der Waals surface area contributed by atoms with Gasteiger partial charge in [0.25, 0.3) is 0 Å². The molecule has 0 atom stereocenters. The second-order valence-electron chi connectivity index (χ2n) is 6.42. The van der Waals surface area contributed by atoms with Crippen LogP contribution in [0.15, 0.2) is 24.3 Å². The number of alkyl halides is 3. The minimum atomic E-state index is -4.90. The van der Waals surface area contributed by atoms with Crippen LogP contribution in [0.2, 0.25) is 0 Å². The second kappa shape index (κ2) is 8.33. The molecule has 142 valence electrons. The molecule has 1 N–H and O–H groups in total. The number of hydrogen-bond acceptors (Lipinski definition) is 3. The highest BCUT2D eigenvalue weighted by Crippen LogP contribution is 2.18. The van der Waals surface area contributed by atoms with E-state index in [9.17, 15) is 27.6 Å². The van der Waals surface area contributed by atoms with Crippen molar-refractivity contribution in [2.24, 2.45) is 0 Å². The molecule has 0 spiro atoms. The third kappa shape index (κ3) is 5.57. The van der Waals surface area contributed by atoms with E-state index < -0.39 is 18.1 Å². The maximum atomic E-state index is 12.2. The van der Waals surface area contributed by atoms with Crippen molar-refractivity contribution in [1.82, 2.24) is 10.2 Å². The summed E-state index contributed by atoms with van der Waals surface area (Å²) in [6.45, 7) is 2.44. The molecule has 2 rings (SSSR count). The number of halogens is 3. The number of aryl methyl sites for hydroxylation is 1. The van der Waals surface area contributed by atoms with Gasteiger partial charge in [-0.1, -0.05) is 29.8 Å². The van der Waals surface area contributed by atoms with Crippen LogP contribution in [0.5, 0.6) is 0 Å². The Balaban J connectivity index is 1.75. The van der Waals surface area contributed by atoms with Crippen molar-refractivity contribution >= 4 is 17.6 Å². The predicted octanol–water partition coefficient (Wildman–Crippen LogP) is 2.63. The first kappa shape index (κ1) is 19.9. The monoisotopic (exact) mass is 370 g/mol. The summed E-state index contributed by atoms with van der Waals surface area (Å²) < 4.78 is 36.7. The number of benzene rings is 1. The smallest absolute Gasteiger partial charge is 0.345 e. The first-order chi connectivity index (χ1) is 12.2. The van der Waals surface area contributed by atoms with E-state index in [1.54, 1.807) is 12.1 Å². The highest BCUT2D eigenvalue weighted by atomic mass is 19.4. The average Bonchev–Trinajstić information content (AvgIpc) is 2.59. The van der Waals surface area contributed by atoms with Gasteiger partial charge < -0.3 is 10.2 Å². The summed E-state index contributed by atoms with van der Waals surface area (Å²) in [6, 6.07) is 6.50. The van der Waals surface area contributed by atoms with Crippen LogP contribution in [0.3, 0.4) is 0 Å². The fourth-order valence-electron chi connectivity index (χ4n) is 2.80. The lowest BCUT2D eigenvalue weighted by Gasteiger charge is -2.32. The molecule has 1 aromatic carbocycles. The first-order valence-corrected chi connectivity index (χ1v) is 8.42. The molecule has 0 saturated carbocycles. The minimum absolute atomic E-state index is 0.0618. The molecule has 1 aliphatic rings. The van der Waals surface area contributed by atoms with E-state index in [0.29, 0.717) is 5.56 Å². The molecule has 0 aromatic heterocycles. The Morgan fingerprint density at radius 2 is 1.65 bits per heavy atom. The zero-order valence-corrected chi connectivity index (χ0v) is 14.4. The highest BCUT2D eigenvalue weighted by Gasteiger charge is 2.40. The van der Waals surface area contributed by atoms with Crippen molar-refractivity contribution in [3.8, 4) is 0 Å². The molecule has 26 heavy (non-hydrogen) atoms. The Labute approximate surface area is 149 Å². The molecule has 1 aliphatic heterocycles. The first-order valence-electron chi connectivity index (χ1n) is 8.42. The summed E-state index contributed by atoms with van der Waals surface area (Å²) in [6.07, 6.45) is -4.22. The standard InChI is InChI=1S/C18H21F3N2O3/c1-12-2-4-13(5-3-12)15(24)6-7-16(25)23-10-8-14(9-11-23)22-17(26)18(19,20)21/h2-5,14H,6-11H2,1H3,(H,22,26). The van der Waals surface area contributed by atoms with Crippen LogP contribution in [0.4, 0.5) is 13.2 Å². The lowest BCUT2D eigenvalue weighted by atomic mass is 10.0. The van der Waals surface area contributed by atoms with Crippen molar-refractivity contribution in [1.29, 1.82) is 0 Å². The Kier molecular flexibility index (Phi) is 6.39. The molecule has 1 heterocycles. The van der Waals surface area contributed by atoms with Crippen molar-refractivity contribution in [3.63, 3.8) is 0 Å². The molecule has 0 bridgehead atoms. The minimum Gasteiger partial charge on any atom is -0.345 e. The predicted molar refractivity (Wildman–Crippen MR) is 88.5 cm³/mol. The average molecular weight is 370 g/mol. The molecule has 0 unspecified atom stereocenters. The summed E-state index contributed by atoms with van der Waals surface area (Å²) >= 11 is 0. The summed E-state index contributed by atoms with van der Waals surface area (Å²) in [7, 11) is 0. The Bertz CT molecular complexity index is 663.